The molecule has 25 heavy (non-hydrogen) atoms. The van der Waals surface area contributed by atoms with Gasteiger partial charge < -0.3 is 16.0 Å². The van der Waals surface area contributed by atoms with Gasteiger partial charge in [0.1, 0.15) is 0 Å². The van der Waals surface area contributed by atoms with Crippen molar-refractivity contribution in [3.63, 3.8) is 0 Å². The number of nitrogens with two attached hydrogens (primary N) is 1. The van der Waals surface area contributed by atoms with Crippen molar-refractivity contribution in [3.05, 3.63) is 65.2 Å². The van der Waals surface area contributed by atoms with Gasteiger partial charge in [-0.05, 0) is 17.7 Å². The number of amides is 1. The maximum Gasteiger partial charge on any atom is 0.225 e. The van der Waals surface area contributed by atoms with E-state index in [0.717, 1.165) is 13.1 Å². The molecule has 2 aromatic rings. The highest BCUT2D eigenvalue weighted by Gasteiger charge is 2.31. The van der Waals surface area contributed by atoms with E-state index in [4.69, 9.17) is 17.3 Å². The van der Waals surface area contributed by atoms with Gasteiger partial charge in [-0.25, -0.2) is 0 Å². The molecule has 4 nitrogen and oxygen atoms in total. The van der Waals surface area contributed by atoms with E-state index in [1.54, 1.807) is 12.1 Å². The minimum atomic E-state index is -0.0279. The number of likely N-dealkylation sites (tertiary alicyclic amines) is 1. The molecule has 1 saturated heterocycles. The van der Waals surface area contributed by atoms with Crippen LogP contribution < -0.4 is 11.1 Å². The van der Waals surface area contributed by atoms with Crippen molar-refractivity contribution >= 4 is 35.6 Å². The fourth-order valence-electron chi connectivity index (χ4n) is 3.18. The van der Waals surface area contributed by atoms with Gasteiger partial charge in [-0.1, -0.05) is 54.1 Å². The third kappa shape index (κ3) is 5.19. The Bertz CT molecular complexity index is 696. The van der Waals surface area contributed by atoms with Gasteiger partial charge in [0.15, 0.2) is 0 Å². The van der Waals surface area contributed by atoms with E-state index in [2.05, 4.69) is 22.3 Å². The summed E-state index contributed by atoms with van der Waals surface area (Å²) >= 11 is 6.06. The molecule has 1 aliphatic heterocycles. The second kappa shape index (κ2) is 9.20. The highest BCUT2D eigenvalue weighted by atomic mass is 35.5. The zero-order valence-corrected chi connectivity index (χ0v) is 15.5. The summed E-state index contributed by atoms with van der Waals surface area (Å²) in [6.07, 6.45) is 0.430. The number of rotatable bonds is 5. The van der Waals surface area contributed by atoms with Crippen molar-refractivity contribution in [2.75, 3.05) is 25.0 Å². The molecule has 3 rings (SSSR count). The molecular weight excluding hydrogens is 357 g/mol. The van der Waals surface area contributed by atoms with Crippen LogP contribution in [0, 0.1) is 0 Å². The zero-order chi connectivity index (χ0) is 16.9. The lowest BCUT2D eigenvalue weighted by Crippen LogP contribution is -2.30. The van der Waals surface area contributed by atoms with Crippen molar-refractivity contribution < 1.29 is 4.79 Å². The molecular formula is C19H23Cl2N3O. The largest absolute Gasteiger partial charge is 0.326 e. The van der Waals surface area contributed by atoms with Crippen LogP contribution >= 0.6 is 24.0 Å². The molecule has 0 radical (unpaired) electrons. The number of carbonyl (C=O) groups excluding carboxylic acids is 1. The highest BCUT2D eigenvalue weighted by molar-refractivity contribution is 6.33. The van der Waals surface area contributed by atoms with E-state index >= 15 is 0 Å². The van der Waals surface area contributed by atoms with E-state index < -0.39 is 0 Å². The van der Waals surface area contributed by atoms with Crippen LogP contribution in [0.4, 0.5) is 5.69 Å². The van der Waals surface area contributed by atoms with Crippen LogP contribution in [0.15, 0.2) is 54.6 Å². The minimum Gasteiger partial charge on any atom is -0.326 e. The standard InChI is InChI=1S/C19H22ClN3O.ClH/c20-16-8-4-5-9-18(16)22-19(24)10-11-23-12-15(17(21)13-23)14-6-2-1-3-7-14;/h1-9,15,17H,10-13,21H2,(H,22,24);1H/t15-,17+;/m0./s1. The summed E-state index contributed by atoms with van der Waals surface area (Å²) in [7, 11) is 0. The van der Waals surface area contributed by atoms with Crippen molar-refractivity contribution in [2.24, 2.45) is 5.73 Å². The van der Waals surface area contributed by atoms with Crippen LogP contribution in [0.3, 0.4) is 0 Å². The van der Waals surface area contributed by atoms with Crippen LogP contribution in [0.5, 0.6) is 0 Å². The lowest BCUT2D eigenvalue weighted by Gasteiger charge is -2.16. The summed E-state index contributed by atoms with van der Waals surface area (Å²) in [6.45, 7) is 2.41. The molecule has 1 aliphatic rings. The fraction of sp³-hybridized carbons (Fsp3) is 0.316. The summed E-state index contributed by atoms with van der Waals surface area (Å²) < 4.78 is 0. The maximum atomic E-state index is 12.1. The van der Waals surface area contributed by atoms with E-state index in [-0.39, 0.29) is 24.4 Å². The van der Waals surface area contributed by atoms with E-state index in [1.165, 1.54) is 5.56 Å². The molecule has 0 spiro atoms. The van der Waals surface area contributed by atoms with Gasteiger partial charge in [0.05, 0.1) is 10.7 Å². The number of para-hydroxylation sites is 1. The summed E-state index contributed by atoms with van der Waals surface area (Å²) in [5.41, 5.74) is 8.22. The Morgan fingerprint density at radius 2 is 1.80 bits per heavy atom. The molecule has 134 valence electrons. The second-order valence-electron chi connectivity index (χ2n) is 6.22. The lowest BCUT2D eigenvalue weighted by molar-refractivity contribution is -0.116. The molecule has 0 aliphatic carbocycles. The van der Waals surface area contributed by atoms with Gasteiger partial charge >= 0.3 is 0 Å². The van der Waals surface area contributed by atoms with Crippen LogP contribution in [-0.2, 0) is 4.79 Å². The molecule has 1 heterocycles. The van der Waals surface area contributed by atoms with Gasteiger partial charge in [0, 0.05) is 38.0 Å². The molecule has 2 aromatic carbocycles. The van der Waals surface area contributed by atoms with Crippen molar-refractivity contribution in [3.8, 4) is 0 Å². The lowest BCUT2D eigenvalue weighted by atomic mass is 9.95. The number of carbonyl (C=O) groups is 1. The van der Waals surface area contributed by atoms with E-state index in [1.807, 2.05) is 30.3 Å². The fourth-order valence-corrected chi connectivity index (χ4v) is 3.37. The third-order valence-electron chi connectivity index (χ3n) is 4.47. The molecule has 0 aromatic heterocycles. The Morgan fingerprint density at radius 1 is 1.12 bits per heavy atom. The topological polar surface area (TPSA) is 58.4 Å². The first-order valence-corrected chi connectivity index (χ1v) is 8.58. The summed E-state index contributed by atoms with van der Waals surface area (Å²) in [5.74, 6) is 0.303. The van der Waals surface area contributed by atoms with Crippen LogP contribution in [0.1, 0.15) is 17.9 Å². The number of anilines is 1. The average molecular weight is 380 g/mol. The molecule has 6 heteroatoms. The Labute approximate surface area is 159 Å². The summed E-state index contributed by atoms with van der Waals surface area (Å²) in [6, 6.07) is 17.7. The Balaban J connectivity index is 0.00000225. The second-order valence-corrected chi connectivity index (χ2v) is 6.63. The molecule has 3 N–H and O–H groups in total. The van der Waals surface area contributed by atoms with Crippen LogP contribution in [0.2, 0.25) is 5.02 Å². The number of halogens is 2. The third-order valence-corrected chi connectivity index (χ3v) is 4.80. The number of hydrogen-bond donors (Lipinski definition) is 2. The smallest absolute Gasteiger partial charge is 0.225 e. The van der Waals surface area contributed by atoms with Crippen molar-refractivity contribution in [1.82, 2.24) is 4.90 Å². The Hall–Kier alpha value is -1.59. The Kier molecular flexibility index (Phi) is 7.26. The van der Waals surface area contributed by atoms with Gasteiger partial charge in [0.25, 0.3) is 0 Å². The number of nitrogens with one attached hydrogen (secondary N) is 1. The van der Waals surface area contributed by atoms with Crippen LogP contribution in [0.25, 0.3) is 0 Å². The van der Waals surface area contributed by atoms with Crippen molar-refractivity contribution in [1.29, 1.82) is 0 Å². The molecule has 0 unspecified atom stereocenters. The van der Waals surface area contributed by atoms with Gasteiger partial charge in [-0.15, -0.1) is 12.4 Å². The molecule has 1 amide bonds. The Morgan fingerprint density at radius 3 is 2.52 bits per heavy atom. The number of benzene rings is 2. The molecule has 0 bridgehead atoms. The first-order valence-electron chi connectivity index (χ1n) is 8.21. The SMILES string of the molecule is Cl.N[C@@H]1CN(CCC(=O)Nc2ccccc2Cl)C[C@H]1c1ccccc1. The molecule has 0 saturated carbocycles. The predicted molar refractivity (Wildman–Crippen MR) is 106 cm³/mol. The van der Waals surface area contributed by atoms with Gasteiger partial charge in [-0.3, -0.25) is 4.79 Å². The number of hydrogen-bond acceptors (Lipinski definition) is 3. The number of nitrogens with zero attached hydrogens (tertiary/aromatic N) is 1. The average Bonchev–Trinajstić information content (AvgIpc) is 2.97. The zero-order valence-electron chi connectivity index (χ0n) is 13.9. The van der Waals surface area contributed by atoms with E-state index in [0.29, 0.717) is 29.6 Å². The van der Waals surface area contributed by atoms with Crippen LogP contribution in [-0.4, -0.2) is 36.5 Å². The highest BCUT2D eigenvalue weighted by Crippen LogP contribution is 2.26. The van der Waals surface area contributed by atoms with Crippen molar-refractivity contribution in [2.45, 2.75) is 18.4 Å². The first-order chi connectivity index (χ1) is 11.6. The van der Waals surface area contributed by atoms with Gasteiger partial charge in [0.2, 0.25) is 5.91 Å². The van der Waals surface area contributed by atoms with Gasteiger partial charge in [-0.2, -0.15) is 0 Å². The van der Waals surface area contributed by atoms with E-state index in [9.17, 15) is 4.79 Å². The first kappa shape index (κ1) is 19.7. The monoisotopic (exact) mass is 379 g/mol. The molecule has 1 fully saturated rings. The predicted octanol–water partition coefficient (Wildman–Crippen LogP) is 3.52. The minimum absolute atomic E-state index is 0. The molecule has 2 atom stereocenters. The summed E-state index contributed by atoms with van der Waals surface area (Å²) in [4.78, 5) is 14.4. The normalized spacial score (nSPS) is 20.1. The maximum absolute atomic E-state index is 12.1. The quantitative estimate of drug-likeness (QED) is 0.835. The summed E-state index contributed by atoms with van der Waals surface area (Å²) in [5, 5.41) is 3.41.